The molecule has 1 atom stereocenters. The van der Waals surface area contributed by atoms with Gasteiger partial charge in [-0.05, 0) is 19.8 Å². The van der Waals surface area contributed by atoms with Crippen LogP contribution in [0.2, 0.25) is 5.02 Å². The minimum Gasteiger partial charge on any atom is -0.312 e. The van der Waals surface area contributed by atoms with E-state index in [9.17, 15) is 0 Å². The van der Waals surface area contributed by atoms with Gasteiger partial charge in [-0.1, -0.05) is 25.4 Å². The molecule has 86 valence electrons. The zero-order valence-corrected chi connectivity index (χ0v) is 10.5. The molecule has 4 heteroatoms. The lowest BCUT2D eigenvalue weighted by Crippen LogP contribution is -2.32. The van der Waals surface area contributed by atoms with Gasteiger partial charge in [0, 0.05) is 18.8 Å². The van der Waals surface area contributed by atoms with Crippen molar-refractivity contribution in [2.75, 3.05) is 6.54 Å². The second-order valence-corrected chi connectivity index (χ2v) is 4.35. The topological polar surface area (TPSA) is 29.9 Å². The van der Waals surface area contributed by atoms with Gasteiger partial charge in [0.15, 0.2) is 0 Å². The third kappa shape index (κ3) is 3.84. The third-order valence-corrected chi connectivity index (χ3v) is 2.90. The fraction of sp³-hybridized carbons (Fsp3) is 0.727. The van der Waals surface area contributed by atoms with Gasteiger partial charge in [0.2, 0.25) is 0 Å². The molecule has 1 unspecified atom stereocenters. The van der Waals surface area contributed by atoms with Crippen molar-refractivity contribution >= 4 is 11.6 Å². The van der Waals surface area contributed by atoms with Crippen molar-refractivity contribution in [2.24, 2.45) is 0 Å². The number of nitrogens with one attached hydrogen (secondary N) is 1. The summed E-state index contributed by atoms with van der Waals surface area (Å²) >= 11 is 5.82. The Morgan fingerprint density at radius 2 is 2.13 bits per heavy atom. The van der Waals surface area contributed by atoms with Crippen LogP contribution in [0, 0.1) is 0 Å². The molecule has 0 radical (unpaired) electrons. The summed E-state index contributed by atoms with van der Waals surface area (Å²) in [5.41, 5.74) is 0. The van der Waals surface area contributed by atoms with Crippen molar-refractivity contribution in [2.45, 2.75) is 45.7 Å². The predicted octanol–water partition coefficient (Wildman–Crippen LogP) is 2.88. The molecule has 1 aromatic rings. The molecule has 0 fully saturated rings. The summed E-state index contributed by atoms with van der Waals surface area (Å²) in [6.45, 7) is 7.48. The van der Waals surface area contributed by atoms with E-state index in [1.165, 1.54) is 12.8 Å². The number of nitrogens with zero attached hydrogens (tertiary/aromatic N) is 2. The molecule has 3 nitrogen and oxygen atoms in total. The number of aromatic nitrogens is 2. The van der Waals surface area contributed by atoms with Gasteiger partial charge < -0.3 is 5.32 Å². The summed E-state index contributed by atoms with van der Waals surface area (Å²) in [4.78, 5) is 0. The van der Waals surface area contributed by atoms with Crippen LogP contribution in [-0.2, 0) is 0 Å². The molecule has 1 rings (SSSR count). The molecule has 0 bridgehead atoms. The lowest BCUT2D eigenvalue weighted by atomic mass is 10.1. The van der Waals surface area contributed by atoms with Crippen molar-refractivity contribution < 1.29 is 0 Å². The molecule has 1 heterocycles. The van der Waals surface area contributed by atoms with Crippen LogP contribution in [0.25, 0.3) is 0 Å². The predicted molar refractivity (Wildman–Crippen MR) is 64.3 cm³/mol. The van der Waals surface area contributed by atoms with Crippen molar-refractivity contribution in [3.05, 3.63) is 17.4 Å². The van der Waals surface area contributed by atoms with E-state index in [1.807, 2.05) is 10.9 Å². The normalized spacial score (nSPS) is 13.4. The van der Waals surface area contributed by atoms with E-state index >= 15 is 0 Å². The summed E-state index contributed by atoms with van der Waals surface area (Å²) in [5.74, 6) is 0. The zero-order chi connectivity index (χ0) is 11.3. The van der Waals surface area contributed by atoms with Crippen LogP contribution in [0.15, 0.2) is 12.4 Å². The Morgan fingerprint density at radius 1 is 1.47 bits per heavy atom. The van der Waals surface area contributed by atoms with Gasteiger partial charge >= 0.3 is 0 Å². The van der Waals surface area contributed by atoms with E-state index in [1.54, 1.807) is 6.20 Å². The minimum absolute atomic E-state index is 0.345. The molecular weight excluding hydrogens is 210 g/mol. The first-order valence-corrected chi connectivity index (χ1v) is 5.98. The maximum atomic E-state index is 5.82. The summed E-state index contributed by atoms with van der Waals surface area (Å²) < 4.78 is 1.90. The first-order chi connectivity index (χ1) is 7.17. The Balaban J connectivity index is 2.39. The summed E-state index contributed by atoms with van der Waals surface area (Å²) in [6.07, 6.45) is 5.88. The molecule has 0 aromatic carbocycles. The van der Waals surface area contributed by atoms with E-state index in [0.717, 1.165) is 6.54 Å². The third-order valence-electron chi connectivity index (χ3n) is 2.71. The van der Waals surface area contributed by atoms with Gasteiger partial charge in [0.05, 0.1) is 17.3 Å². The Hall–Kier alpha value is -0.540. The smallest absolute Gasteiger partial charge is 0.0785 e. The van der Waals surface area contributed by atoms with E-state index < -0.39 is 0 Å². The lowest BCUT2D eigenvalue weighted by Gasteiger charge is -2.18. The number of halogens is 1. The van der Waals surface area contributed by atoms with E-state index in [-0.39, 0.29) is 0 Å². The van der Waals surface area contributed by atoms with E-state index in [0.29, 0.717) is 17.1 Å². The Morgan fingerprint density at radius 3 is 2.60 bits per heavy atom. The van der Waals surface area contributed by atoms with Crippen molar-refractivity contribution in [3.63, 3.8) is 0 Å². The minimum atomic E-state index is 0.345. The Labute approximate surface area is 96.8 Å². The SMILES string of the molecule is CCC(CC)NCC(C)n1cc(Cl)cn1. The summed E-state index contributed by atoms with van der Waals surface area (Å²) in [5, 5.41) is 8.41. The Kier molecular flexibility index (Phi) is 5.12. The maximum Gasteiger partial charge on any atom is 0.0785 e. The van der Waals surface area contributed by atoms with Crippen molar-refractivity contribution in [3.8, 4) is 0 Å². The number of rotatable bonds is 6. The molecule has 0 saturated heterocycles. The first-order valence-electron chi connectivity index (χ1n) is 5.60. The number of hydrogen-bond acceptors (Lipinski definition) is 2. The summed E-state index contributed by atoms with van der Waals surface area (Å²) in [6, 6.07) is 0.955. The second-order valence-electron chi connectivity index (χ2n) is 3.91. The van der Waals surface area contributed by atoms with Gasteiger partial charge in [-0.15, -0.1) is 0 Å². The molecule has 0 aliphatic heterocycles. The molecule has 0 saturated carbocycles. The van der Waals surface area contributed by atoms with Gasteiger partial charge in [0.1, 0.15) is 0 Å². The van der Waals surface area contributed by atoms with Gasteiger partial charge in [-0.2, -0.15) is 5.10 Å². The quantitative estimate of drug-likeness (QED) is 0.813. The molecular formula is C11H20ClN3. The highest BCUT2D eigenvalue weighted by Gasteiger charge is 2.08. The van der Waals surface area contributed by atoms with Crippen LogP contribution in [-0.4, -0.2) is 22.4 Å². The van der Waals surface area contributed by atoms with Gasteiger partial charge in [-0.25, -0.2) is 0 Å². The molecule has 0 aliphatic rings. The molecule has 0 aliphatic carbocycles. The first kappa shape index (κ1) is 12.5. The number of hydrogen-bond donors (Lipinski definition) is 1. The van der Waals surface area contributed by atoms with Crippen molar-refractivity contribution in [1.29, 1.82) is 0 Å². The monoisotopic (exact) mass is 229 g/mol. The van der Waals surface area contributed by atoms with Crippen molar-refractivity contribution in [1.82, 2.24) is 15.1 Å². The highest BCUT2D eigenvalue weighted by molar-refractivity contribution is 6.30. The average molecular weight is 230 g/mol. The fourth-order valence-corrected chi connectivity index (χ4v) is 1.71. The van der Waals surface area contributed by atoms with Crippen LogP contribution in [0.1, 0.15) is 39.7 Å². The fourth-order valence-electron chi connectivity index (χ4n) is 1.56. The summed E-state index contributed by atoms with van der Waals surface area (Å²) in [7, 11) is 0. The van der Waals surface area contributed by atoms with Crippen LogP contribution in [0.5, 0.6) is 0 Å². The van der Waals surface area contributed by atoms with E-state index in [2.05, 4.69) is 31.2 Å². The van der Waals surface area contributed by atoms with Crippen LogP contribution >= 0.6 is 11.6 Å². The highest BCUT2D eigenvalue weighted by atomic mass is 35.5. The van der Waals surface area contributed by atoms with Gasteiger partial charge in [0.25, 0.3) is 0 Å². The molecule has 0 amide bonds. The largest absolute Gasteiger partial charge is 0.312 e. The second kappa shape index (κ2) is 6.13. The Bertz CT molecular complexity index is 281. The molecule has 1 N–H and O–H groups in total. The lowest BCUT2D eigenvalue weighted by molar-refractivity contribution is 0.401. The average Bonchev–Trinajstić information content (AvgIpc) is 2.66. The zero-order valence-electron chi connectivity index (χ0n) is 9.70. The van der Waals surface area contributed by atoms with Crippen LogP contribution < -0.4 is 5.32 Å². The van der Waals surface area contributed by atoms with Crippen LogP contribution in [0.3, 0.4) is 0 Å². The van der Waals surface area contributed by atoms with Crippen LogP contribution in [0.4, 0.5) is 0 Å². The highest BCUT2D eigenvalue weighted by Crippen LogP contribution is 2.10. The molecule has 0 spiro atoms. The van der Waals surface area contributed by atoms with E-state index in [4.69, 9.17) is 11.6 Å². The standard InChI is InChI=1S/C11H20ClN3/c1-4-11(5-2)13-6-9(3)15-8-10(12)7-14-15/h7-9,11,13H,4-6H2,1-3H3. The van der Waals surface area contributed by atoms with Gasteiger partial charge in [-0.3, -0.25) is 4.68 Å². The molecule has 15 heavy (non-hydrogen) atoms. The maximum absolute atomic E-state index is 5.82. The molecule has 1 aromatic heterocycles.